The van der Waals surface area contributed by atoms with Gasteiger partial charge in [-0.1, -0.05) is 28.1 Å². The molecule has 1 fully saturated rings. The first-order valence-corrected chi connectivity index (χ1v) is 9.22. The van der Waals surface area contributed by atoms with E-state index >= 15 is 0 Å². The van der Waals surface area contributed by atoms with E-state index in [1.165, 1.54) is 6.92 Å². The van der Waals surface area contributed by atoms with Crippen molar-refractivity contribution in [3.8, 4) is 0 Å². The fourth-order valence-electron chi connectivity index (χ4n) is 3.16. The van der Waals surface area contributed by atoms with Crippen LogP contribution in [-0.2, 0) is 9.59 Å². The van der Waals surface area contributed by atoms with Gasteiger partial charge < -0.3 is 16.0 Å². The molecule has 0 aromatic heterocycles. The molecule has 1 heterocycles. The smallest absolute Gasteiger partial charge is 0.224 e. The van der Waals surface area contributed by atoms with E-state index in [0.717, 1.165) is 29.4 Å². The number of likely N-dealkylation sites (tertiary alicyclic amines) is 1. The molecule has 0 saturated carbocycles. The van der Waals surface area contributed by atoms with Gasteiger partial charge in [0.15, 0.2) is 0 Å². The zero-order chi connectivity index (χ0) is 17.7. The molecule has 2 amide bonds. The molecule has 0 unspecified atom stereocenters. The summed E-state index contributed by atoms with van der Waals surface area (Å²) in [6.07, 6.45) is 2.33. The van der Waals surface area contributed by atoms with Gasteiger partial charge in [0.25, 0.3) is 0 Å². The molecule has 3 N–H and O–H groups in total. The van der Waals surface area contributed by atoms with Gasteiger partial charge in [0.2, 0.25) is 11.8 Å². The summed E-state index contributed by atoms with van der Waals surface area (Å²) in [5.41, 5.74) is 6.94. The zero-order valence-electron chi connectivity index (χ0n) is 14.3. The van der Waals surface area contributed by atoms with Crippen LogP contribution < -0.4 is 11.1 Å². The maximum atomic E-state index is 12.7. The fraction of sp³-hybridized carbons (Fsp3) is 0.556. The third-order valence-corrected chi connectivity index (χ3v) is 5.11. The second-order valence-electron chi connectivity index (χ2n) is 6.61. The fourth-order valence-corrected chi connectivity index (χ4v) is 3.43. The third kappa shape index (κ3) is 5.31. The van der Waals surface area contributed by atoms with Crippen molar-refractivity contribution in [3.05, 3.63) is 34.3 Å². The number of piperidine rings is 1. The number of halogens is 1. The number of amides is 2. The molecule has 0 radical (unpaired) electrons. The Morgan fingerprint density at radius 3 is 2.62 bits per heavy atom. The predicted octanol–water partition coefficient (Wildman–Crippen LogP) is 2.60. The van der Waals surface area contributed by atoms with Gasteiger partial charge in [0.05, 0.1) is 12.5 Å². The number of benzene rings is 1. The van der Waals surface area contributed by atoms with Gasteiger partial charge in [-0.2, -0.15) is 0 Å². The van der Waals surface area contributed by atoms with E-state index in [-0.39, 0.29) is 30.3 Å². The Labute approximate surface area is 152 Å². The van der Waals surface area contributed by atoms with Crippen molar-refractivity contribution >= 4 is 27.7 Å². The van der Waals surface area contributed by atoms with Crippen LogP contribution in [0, 0.1) is 5.92 Å². The van der Waals surface area contributed by atoms with Gasteiger partial charge in [0.1, 0.15) is 0 Å². The maximum Gasteiger partial charge on any atom is 0.224 e. The number of nitrogens with two attached hydrogens (primary N) is 1. The summed E-state index contributed by atoms with van der Waals surface area (Å²) in [5, 5.41) is 2.89. The number of carbonyl (C=O) groups excluding carboxylic acids is 2. The summed E-state index contributed by atoms with van der Waals surface area (Å²) in [7, 11) is 0. The molecule has 1 aliphatic rings. The maximum absolute atomic E-state index is 12.7. The summed E-state index contributed by atoms with van der Waals surface area (Å²) >= 11 is 3.40. The van der Waals surface area contributed by atoms with Crippen molar-refractivity contribution in [2.24, 2.45) is 11.7 Å². The average Bonchev–Trinajstić information content (AvgIpc) is 2.54. The minimum absolute atomic E-state index is 0.0713. The van der Waals surface area contributed by atoms with Crippen molar-refractivity contribution in [1.82, 2.24) is 10.2 Å². The van der Waals surface area contributed by atoms with Crippen molar-refractivity contribution in [3.63, 3.8) is 0 Å². The number of nitrogens with one attached hydrogen (secondary N) is 1. The molecular formula is C18H26BrN3O2. The monoisotopic (exact) mass is 395 g/mol. The molecule has 6 heteroatoms. The lowest BCUT2D eigenvalue weighted by Crippen LogP contribution is -2.46. The lowest BCUT2D eigenvalue weighted by molar-refractivity contribution is -0.134. The first kappa shape index (κ1) is 18.9. The Morgan fingerprint density at radius 1 is 1.38 bits per heavy atom. The number of hydrogen-bond acceptors (Lipinski definition) is 3. The van der Waals surface area contributed by atoms with Crippen LogP contribution in [0.25, 0.3) is 0 Å². The standard InChI is InChI=1S/C18H26BrN3O2/c1-12(20)15-4-3-9-22(11-15)18(24)10-17(21-13(2)23)14-5-7-16(19)8-6-14/h5-8,12,15,17H,3-4,9-11,20H2,1-2H3,(H,21,23)/t12-,15+,17-/m1/s1. The second kappa shape index (κ2) is 8.62. The Morgan fingerprint density at radius 2 is 2.04 bits per heavy atom. The topological polar surface area (TPSA) is 75.4 Å². The minimum Gasteiger partial charge on any atom is -0.349 e. The van der Waals surface area contributed by atoms with E-state index in [1.54, 1.807) is 0 Å². The molecule has 1 aromatic rings. The van der Waals surface area contributed by atoms with Crippen LogP contribution >= 0.6 is 15.9 Å². The first-order valence-electron chi connectivity index (χ1n) is 8.42. The molecule has 132 valence electrons. The first-order chi connectivity index (χ1) is 11.4. The normalized spacial score (nSPS) is 20.3. The molecule has 1 aromatic carbocycles. The van der Waals surface area contributed by atoms with Crippen molar-refractivity contribution in [2.45, 2.75) is 45.2 Å². The largest absolute Gasteiger partial charge is 0.349 e. The highest BCUT2D eigenvalue weighted by Gasteiger charge is 2.27. The van der Waals surface area contributed by atoms with Crippen LogP contribution in [0.1, 0.15) is 44.7 Å². The summed E-state index contributed by atoms with van der Waals surface area (Å²) in [6, 6.07) is 7.48. The van der Waals surface area contributed by atoms with Crippen molar-refractivity contribution in [2.75, 3.05) is 13.1 Å². The zero-order valence-corrected chi connectivity index (χ0v) is 15.9. The molecule has 0 aliphatic carbocycles. The van der Waals surface area contributed by atoms with E-state index in [2.05, 4.69) is 21.2 Å². The number of hydrogen-bond donors (Lipinski definition) is 2. The van der Waals surface area contributed by atoms with Gasteiger partial charge in [-0.15, -0.1) is 0 Å². The van der Waals surface area contributed by atoms with Crippen LogP contribution in [0.15, 0.2) is 28.7 Å². The van der Waals surface area contributed by atoms with Gasteiger partial charge in [-0.05, 0) is 43.4 Å². The van der Waals surface area contributed by atoms with E-state index in [4.69, 9.17) is 5.73 Å². The Bertz CT molecular complexity index is 574. The van der Waals surface area contributed by atoms with E-state index in [1.807, 2.05) is 36.1 Å². The Hall–Kier alpha value is -1.40. The SMILES string of the molecule is CC(=O)N[C@H](CC(=O)N1CCC[C@H]([C@@H](C)N)C1)c1ccc(Br)cc1. The molecule has 1 saturated heterocycles. The van der Waals surface area contributed by atoms with Gasteiger partial charge in [-0.3, -0.25) is 9.59 Å². The number of carbonyl (C=O) groups is 2. The highest BCUT2D eigenvalue weighted by Crippen LogP contribution is 2.24. The van der Waals surface area contributed by atoms with E-state index in [9.17, 15) is 9.59 Å². The van der Waals surface area contributed by atoms with Crippen LogP contribution in [-0.4, -0.2) is 35.8 Å². The van der Waals surface area contributed by atoms with Crippen LogP contribution in [0.5, 0.6) is 0 Å². The molecule has 0 spiro atoms. The van der Waals surface area contributed by atoms with Gasteiger partial charge in [0, 0.05) is 30.5 Å². The summed E-state index contributed by atoms with van der Waals surface area (Å²) in [6.45, 7) is 4.96. The van der Waals surface area contributed by atoms with Crippen LogP contribution in [0.3, 0.4) is 0 Å². The van der Waals surface area contributed by atoms with Crippen LogP contribution in [0.4, 0.5) is 0 Å². The average molecular weight is 396 g/mol. The lowest BCUT2D eigenvalue weighted by Gasteiger charge is -2.35. The molecule has 2 rings (SSSR count). The van der Waals surface area contributed by atoms with Gasteiger partial charge in [-0.25, -0.2) is 0 Å². The molecular weight excluding hydrogens is 370 g/mol. The summed E-state index contributed by atoms with van der Waals surface area (Å²) < 4.78 is 0.968. The van der Waals surface area contributed by atoms with Crippen molar-refractivity contribution < 1.29 is 9.59 Å². The summed E-state index contributed by atoms with van der Waals surface area (Å²) in [4.78, 5) is 26.1. The Balaban J connectivity index is 2.06. The lowest BCUT2D eigenvalue weighted by atomic mass is 9.91. The number of rotatable bonds is 5. The molecule has 0 bridgehead atoms. The summed E-state index contributed by atoms with van der Waals surface area (Å²) in [5.74, 6) is 0.291. The predicted molar refractivity (Wildman–Crippen MR) is 98.3 cm³/mol. The highest BCUT2D eigenvalue weighted by atomic mass is 79.9. The van der Waals surface area contributed by atoms with Gasteiger partial charge >= 0.3 is 0 Å². The van der Waals surface area contributed by atoms with E-state index in [0.29, 0.717) is 12.5 Å². The highest BCUT2D eigenvalue weighted by molar-refractivity contribution is 9.10. The molecule has 5 nitrogen and oxygen atoms in total. The molecule has 3 atom stereocenters. The Kier molecular flexibility index (Phi) is 6.80. The third-order valence-electron chi connectivity index (χ3n) is 4.58. The number of nitrogens with zero attached hydrogens (tertiary/aromatic N) is 1. The molecule has 1 aliphatic heterocycles. The molecule has 24 heavy (non-hydrogen) atoms. The quantitative estimate of drug-likeness (QED) is 0.804. The second-order valence-corrected chi connectivity index (χ2v) is 7.53. The minimum atomic E-state index is -0.307. The van der Waals surface area contributed by atoms with E-state index < -0.39 is 0 Å². The van der Waals surface area contributed by atoms with Crippen LogP contribution in [0.2, 0.25) is 0 Å². The van der Waals surface area contributed by atoms with Crippen molar-refractivity contribution in [1.29, 1.82) is 0 Å².